The standard InChI is InChI=1S/C15H15ClN2O3/c1-20-13-4-2-3-5-14(13)21-9-15(19)18-12-8-10(17)6-7-11(12)16/h2-8H,9,17H2,1H3,(H,18,19). The van der Waals surface area contributed by atoms with Crippen molar-refractivity contribution in [2.24, 2.45) is 0 Å². The topological polar surface area (TPSA) is 73.6 Å². The van der Waals surface area contributed by atoms with Gasteiger partial charge in [-0.05, 0) is 30.3 Å². The molecule has 0 aliphatic rings. The second-order valence-electron chi connectivity index (χ2n) is 4.23. The van der Waals surface area contributed by atoms with E-state index in [2.05, 4.69) is 5.32 Å². The first-order valence-electron chi connectivity index (χ1n) is 6.21. The molecule has 0 radical (unpaired) electrons. The number of halogens is 1. The lowest BCUT2D eigenvalue weighted by Crippen LogP contribution is -2.20. The number of methoxy groups -OCH3 is 1. The maximum Gasteiger partial charge on any atom is 0.262 e. The number of anilines is 2. The average molecular weight is 307 g/mol. The number of rotatable bonds is 5. The molecule has 2 rings (SSSR count). The first-order valence-corrected chi connectivity index (χ1v) is 6.58. The van der Waals surface area contributed by atoms with Gasteiger partial charge in [0.05, 0.1) is 17.8 Å². The molecule has 0 bridgehead atoms. The molecular weight excluding hydrogens is 292 g/mol. The number of hydrogen-bond donors (Lipinski definition) is 2. The molecule has 0 heterocycles. The Morgan fingerprint density at radius 1 is 1.24 bits per heavy atom. The van der Waals surface area contributed by atoms with Crippen molar-refractivity contribution in [1.29, 1.82) is 0 Å². The van der Waals surface area contributed by atoms with E-state index in [0.717, 1.165) is 0 Å². The summed E-state index contributed by atoms with van der Waals surface area (Å²) in [5, 5.41) is 3.05. The number of hydrogen-bond acceptors (Lipinski definition) is 4. The number of nitrogens with one attached hydrogen (secondary N) is 1. The van der Waals surface area contributed by atoms with E-state index < -0.39 is 0 Å². The number of carbonyl (C=O) groups excluding carboxylic acids is 1. The molecule has 2 aromatic carbocycles. The van der Waals surface area contributed by atoms with Gasteiger partial charge in [0, 0.05) is 5.69 Å². The predicted molar refractivity (Wildman–Crippen MR) is 83.0 cm³/mol. The largest absolute Gasteiger partial charge is 0.493 e. The van der Waals surface area contributed by atoms with E-state index in [4.69, 9.17) is 26.8 Å². The summed E-state index contributed by atoms with van der Waals surface area (Å²) < 4.78 is 10.6. The highest BCUT2D eigenvalue weighted by atomic mass is 35.5. The summed E-state index contributed by atoms with van der Waals surface area (Å²) in [5.41, 5.74) is 6.61. The summed E-state index contributed by atoms with van der Waals surface area (Å²) in [6, 6.07) is 11.9. The Morgan fingerprint density at radius 2 is 1.95 bits per heavy atom. The monoisotopic (exact) mass is 306 g/mol. The third kappa shape index (κ3) is 4.03. The van der Waals surface area contributed by atoms with Crippen LogP contribution in [0.25, 0.3) is 0 Å². The van der Waals surface area contributed by atoms with Gasteiger partial charge in [-0.1, -0.05) is 23.7 Å². The maximum absolute atomic E-state index is 11.9. The summed E-state index contributed by atoms with van der Waals surface area (Å²) in [5.74, 6) is 0.717. The normalized spacial score (nSPS) is 10.0. The SMILES string of the molecule is COc1ccccc1OCC(=O)Nc1cc(N)ccc1Cl. The van der Waals surface area contributed by atoms with Crippen molar-refractivity contribution < 1.29 is 14.3 Å². The van der Waals surface area contributed by atoms with E-state index in [1.807, 2.05) is 6.07 Å². The second kappa shape index (κ2) is 6.85. The van der Waals surface area contributed by atoms with Crippen molar-refractivity contribution in [2.45, 2.75) is 0 Å². The molecule has 110 valence electrons. The molecule has 5 nitrogen and oxygen atoms in total. The van der Waals surface area contributed by atoms with E-state index >= 15 is 0 Å². The highest BCUT2D eigenvalue weighted by Crippen LogP contribution is 2.26. The zero-order chi connectivity index (χ0) is 15.2. The Labute approximate surface area is 127 Å². The summed E-state index contributed by atoms with van der Waals surface area (Å²) >= 11 is 5.97. The van der Waals surface area contributed by atoms with Gasteiger partial charge < -0.3 is 20.5 Å². The minimum absolute atomic E-state index is 0.161. The summed E-state index contributed by atoms with van der Waals surface area (Å²) in [6.45, 7) is -0.161. The first kappa shape index (κ1) is 15.0. The Bertz CT molecular complexity index is 647. The number of ether oxygens (including phenoxy) is 2. The Kier molecular flexibility index (Phi) is 4.90. The molecule has 6 heteroatoms. The molecule has 21 heavy (non-hydrogen) atoms. The Morgan fingerprint density at radius 3 is 2.67 bits per heavy atom. The minimum Gasteiger partial charge on any atom is -0.493 e. The molecule has 0 aromatic heterocycles. The van der Waals surface area contributed by atoms with Crippen molar-refractivity contribution in [2.75, 3.05) is 24.8 Å². The van der Waals surface area contributed by atoms with Gasteiger partial charge in [0.25, 0.3) is 5.91 Å². The van der Waals surface area contributed by atoms with Crippen molar-refractivity contribution in [3.05, 3.63) is 47.5 Å². The molecule has 0 atom stereocenters. The van der Waals surface area contributed by atoms with Crippen LogP contribution in [-0.2, 0) is 4.79 Å². The number of benzene rings is 2. The smallest absolute Gasteiger partial charge is 0.262 e. The number of nitrogen functional groups attached to an aromatic ring is 1. The van der Waals surface area contributed by atoms with Gasteiger partial charge in [-0.3, -0.25) is 4.79 Å². The highest BCUT2D eigenvalue weighted by molar-refractivity contribution is 6.33. The fraction of sp³-hybridized carbons (Fsp3) is 0.133. The molecule has 0 saturated heterocycles. The van der Waals surface area contributed by atoms with Gasteiger partial charge in [0.1, 0.15) is 0 Å². The highest BCUT2D eigenvalue weighted by Gasteiger charge is 2.09. The molecule has 0 spiro atoms. The van der Waals surface area contributed by atoms with Crippen LogP contribution in [0.3, 0.4) is 0 Å². The maximum atomic E-state index is 11.9. The van der Waals surface area contributed by atoms with Crippen LogP contribution >= 0.6 is 11.6 Å². The van der Waals surface area contributed by atoms with Gasteiger partial charge in [-0.25, -0.2) is 0 Å². The van der Waals surface area contributed by atoms with Crippen LogP contribution < -0.4 is 20.5 Å². The molecule has 2 aromatic rings. The Hall–Kier alpha value is -2.40. The van der Waals surface area contributed by atoms with Gasteiger partial charge in [0.15, 0.2) is 18.1 Å². The van der Waals surface area contributed by atoms with Crippen molar-refractivity contribution in [3.8, 4) is 11.5 Å². The van der Waals surface area contributed by atoms with Crippen LogP contribution in [0.5, 0.6) is 11.5 Å². The van der Waals surface area contributed by atoms with Crippen molar-refractivity contribution in [1.82, 2.24) is 0 Å². The molecule has 0 fully saturated rings. The molecule has 3 N–H and O–H groups in total. The molecule has 0 aliphatic carbocycles. The van der Waals surface area contributed by atoms with Gasteiger partial charge in [-0.2, -0.15) is 0 Å². The van der Waals surface area contributed by atoms with Gasteiger partial charge in [0.2, 0.25) is 0 Å². The molecule has 0 unspecified atom stereocenters. The Balaban J connectivity index is 1.97. The molecule has 1 amide bonds. The average Bonchev–Trinajstić information content (AvgIpc) is 2.49. The second-order valence-corrected chi connectivity index (χ2v) is 4.63. The van der Waals surface area contributed by atoms with Crippen LogP contribution in [0.15, 0.2) is 42.5 Å². The molecule has 0 saturated carbocycles. The van der Waals surface area contributed by atoms with Crippen LogP contribution in [-0.4, -0.2) is 19.6 Å². The number of nitrogens with two attached hydrogens (primary N) is 1. The quantitative estimate of drug-likeness (QED) is 0.833. The van der Waals surface area contributed by atoms with E-state index in [1.54, 1.807) is 36.4 Å². The van der Waals surface area contributed by atoms with Crippen LogP contribution in [0, 0.1) is 0 Å². The molecule has 0 aliphatic heterocycles. The fourth-order valence-corrected chi connectivity index (χ4v) is 1.87. The summed E-state index contributed by atoms with van der Waals surface area (Å²) in [6.07, 6.45) is 0. The first-order chi connectivity index (χ1) is 10.1. The number of para-hydroxylation sites is 2. The zero-order valence-corrected chi connectivity index (χ0v) is 12.2. The van der Waals surface area contributed by atoms with Crippen LogP contribution in [0.4, 0.5) is 11.4 Å². The lowest BCUT2D eigenvalue weighted by Gasteiger charge is -2.11. The minimum atomic E-state index is -0.339. The van der Waals surface area contributed by atoms with E-state index in [0.29, 0.717) is 27.9 Å². The zero-order valence-electron chi connectivity index (χ0n) is 11.4. The summed E-state index contributed by atoms with van der Waals surface area (Å²) in [7, 11) is 1.54. The molecular formula is C15H15ClN2O3. The lowest BCUT2D eigenvalue weighted by atomic mass is 10.3. The lowest BCUT2D eigenvalue weighted by molar-refractivity contribution is -0.118. The van der Waals surface area contributed by atoms with E-state index in [9.17, 15) is 4.79 Å². The van der Waals surface area contributed by atoms with Crippen LogP contribution in [0.1, 0.15) is 0 Å². The van der Waals surface area contributed by atoms with Crippen LogP contribution in [0.2, 0.25) is 5.02 Å². The third-order valence-electron chi connectivity index (χ3n) is 2.69. The van der Waals surface area contributed by atoms with E-state index in [1.165, 1.54) is 7.11 Å². The van der Waals surface area contributed by atoms with Crippen molar-refractivity contribution >= 4 is 28.9 Å². The van der Waals surface area contributed by atoms with Crippen molar-refractivity contribution in [3.63, 3.8) is 0 Å². The van der Waals surface area contributed by atoms with Gasteiger partial charge in [-0.15, -0.1) is 0 Å². The summed E-state index contributed by atoms with van der Waals surface area (Å²) in [4.78, 5) is 11.9. The number of carbonyl (C=O) groups is 1. The third-order valence-corrected chi connectivity index (χ3v) is 3.02. The fourth-order valence-electron chi connectivity index (χ4n) is 1.71. The number of amides is 1. The predicted octanol–water partition coefficient (Wildman–Crippen LogP) is 2.95. The van der Waals surface area contributed by atoms with E-state index in [-0.39, 0.29) is 12.5 Å². The van der Waals surface area contributed by atoms with Gasteiger partial charge >= 0.3 is 0 Å².